The summed E-state index contributed by atoms with van der Waals surface area (Å²) < 4.78 is 59.5. The van der Waals surface area contributed by atoms with E-state index in [9.17, 15) is 33.3 Å². The van der Waals surface area contributed by atoms with Gasteiger partial charge in [-0.25, -0.2) is 0 Å². The second-order valence-electron chi connectivity index (χ2n) is 7.16. The van der Waals surface area contributed by atoms with Gasteiger partial charge in [0.2, 0.25) is 5.82 Å². The maximum Gasteiger partial charge on any atom is 0.416 e. The highest BCUT2D eigenvalue weighted by molar-refractivity contribution is 5.76. The Balaban J connectivity index is 2.06. The number of aromatic nitrogens is 2. The highest BCUT2D eigenvalue weighted by Crippen LogP contribution is 2.38. The molecular formula is C23H18F3N5O7. The van der Waals surface area contributed by atoms with E-state index < -0.39 is 52.6 Å². The van der Waals surface area contributed by atoms with Gasteiger partial charge in [0.25, 0.3) is 0 Å². The first kappa shape index (κ1) is 27.5. The molecule has 12 nitrogen and oxygen atoms in total. The van der Waals surface area contributed by atoms with Crippen molar-refractivity contribution in [1.82, 2.24) is 9.97 Å². The lowest BCUT2D eigenvalue weighted by atomic mass is 10.2. The Hall–Kier alpha value is -5.13. The zero-order chi connectivity index (χ0) is 27.9. The summed E-state index contributed by atoms with van der Waals surface area (Å²) in [5.41, 5.74) is -1.62. The lowest BCUT2D eigenvalue weighted by Gasteiger charge is -2.13. The fourth-order valence-electron chi connectivity index (χ4n) is 2.93. The van der Waals surface area contributed by atoms with Crippen LogP contribution in [0.4, 0.5) is 24.7 Å². The molecule has 0 atom stereocenters. The number of nitriles is 1. The first-order valence-corrected chi connectivity index (χ1v) is 10.6. The number of benzene rings is 2. The molecule has 0 aliphatic heterocycles. The molecule has 3 aromatic rings. The van der Waals surface area contributed by atoms with Gasteiger partial charge in [0, 0.05) is 6.07 Å². The summed E-state index contributed by atoms with van der Waals surface area (Å²) in [5, 5.41) is 23.6. The van der Waals surface area contributed by atoms with Gasteiger partial charge in [-0.15, -0.1) is 0 Å². The highest BCUT2D eigenvalue weighted by Gasteiger charge is 2.31. The van der Waals surface area contributed by atoms with Gasteiger partial charge in [-0.05, 0) is 43.3 Å². The molecule has 0 saturated carbocycles. The number of methoxy groups -OCH3 is 1. The Labute approximate surface area is 212 Å². The van der Waals surface area contributed by atoms with E-state index in [4.69, 9.17) is 18.9 Å². The van der Waals surface area contributed by atoms with Crippen molar-refractivity contribution in [2.24, 2.45) is 0 Å². The van der Waals surface area contributed by atoms with Crippen molar-refractivity contribution in [3.8, 4) is 35.2 Å². The van der Waals surface area contributed by atoms with Crippen LogP contribution in [0.3, 0.4) is 0 Å². The Bertz CT molecular complexity index is 1380. The zero-order valence-electron chi connectivity index (χ0n) is 19.7. The number of nitrogens with one attached hydrogen (secondary N) is 1. The summed E-state index contributed by atoms with van der Waals surface area (Å²) in [4.78, 5) is 30.6. The van der Waals surface area contributed by atoms with Crippen molar-refractivity contribution in [1.29, 1.82) is 5.26 Å². The molecule has 0 fully saturated rings. The van der Waals surface area contributed by atoms with Gasteiger partial charge in [-0.3, -0.25) is 14.9 Å². The Kier molecular flexibility index (Phi) is 8.48. The van der Waals surface area contributed by atoms with Gasteiger partial charge < -0.3 is 24.3 Å². The number of alkyl halides is 3. The molecule has 0 aliphatic rings. The Morgan fingerprint density at radius 2 is 1.79 bits per heavy atom. The number of rotatable bonds is 10. The smallest absolute Gasteiger partial charge is 0.416 e. The molecule has 1 aromatic heterocycles. The molecule has 0 unspecified atom stereocenters. The molecule has 1 heterocycles. The predicted octanol–water partition coefficient (Wildman–Crippen LogP) is 4.84. The molecule has 38 heavy (non-hydrogen) atoms. The van der Waals surface area contributed by atoms with Crippen molar-refractivity contribution in [2.75, 3.05) is 25.6 Å². The van der Waals surface area contributed by atoms with Crippen LogP contribution in [0.15, 0.2) is 42.5 Å². The molecule has 0 saturated heterocycles. The highest BCUT2D eigenvalue weighted by atomic mass is 19.4. The second-order valence-corrected chi connectivity index (χ2v) is 7.16. The van der Waals surface area contributed by atoms with E-state index in [1.54, 1.807) is 6.92 Å². The average molecular weight is 533 g/mol. The fraction of sp³-hybridized carbons (Fsp3) is 0.217. The van der Waals surface area contributed by atoms with Crippen LogP contribution in [-0.2, 0) is 15.7 Å². The van der Waals surface area contributed by atoms with Crippen LogP contribution >= 0.6 is 0 Å². The van der Waals surface area contributed by atoms with Crippen LogP contribution in [0.25, 0.3) is 0 Å². The third kappa shape index (κ3) is 6.97. The SMILES string of the molecule is CCOC(=O)CNc1nc(Oc2ccc(C(F)(F)F)cc2)nc(Oc2cc(C#N)cc(OC)c2)c1[N+](=O)[O-]. The van der Waals surface area contributed by atoms with E-state index >= 15 is 0 Å². The van der Waals surface area contributed by atoms with E-state index in [1.807, 2.05) is 6.07 Å². The molecule has 0 amide bonds. The number of hydrogen-bond donors (Lipinski definition) is 1. The van der Waals surface area contributed by atoms with Crippen molar-refractivity contribution in [2.45, 2.75) is 13.1 Å². The standard InChI is InChI=1S/C23H18F3N5O7/c1-3-36-18(32)12-28-20-19(31(33)34)21(37-17-9-13(11-27)8-16(10-17)35-2)30-22(29-20)38-15-6-4-14(5-7-15)23(24,25)26/h4-10H,3,12H2,1-2H3,(H,28,29,30). The van der Waals surface area contributed by atoms with Crippen molar-refractivity contribution in [3.05, 3.63) is 63.7 Å². The van der Waals surface area contributed by atoms with Gasteiger partial charge in [0.1, 0.15) is 23.8 Å². The molecule has 0 spiro atoms. The van der Waals surface area contributed by atoms with Gasteiger partial charge in [0.15, 0.2) is 0 Å². The number of carbonyl (C=O) groups excluding carboxylic acids is 1. The van der Waals surface area contributed by atoms with Crippen LogP contribution in [0, 0.1) is 21.4 Å². The predicted molar refractivity (Wildman–Crippen MR) is 123 cm³/mol. The van der Waals surface area contributed by atoms with E-state index in [-0.39, 0.29) is 29.4 Å². The fourth-order valence-corrected chi connectivity index (χ4v) is 2.93. The van der Waals surface area contributed by atoms with Crippen LogP contribution in [0.2, 0.25) is 0 Å². The number of nitro groups is 1. The summed E-state index contributed by atoms with van der Waals surface area (Å²) in [7, 11) is 1.33. The summed E-state index contributed by atoms with van der Waals surface area (Å²) in [5.74, 6) is -1.90. The molecule has 3 rings (SSSR count). The largest absolute Gasteiger partial charge is 0.497 e. The Morgan fingerprint density at radius 3 is 2.37 bits per heavy atom. The molecule has 0 bridgehead atoms. The van der Waals surface area contributed by atoms with Gasteiger partial charge >= 0.3 is 29.7 Å². The molecule has 15 heteroatoms. The minimum Gasteiger partial charge on any atom is -0.497 e. The lowest BCUT2D eigenvalue weighted by molar-refractivity contribution is -0.385. The minimum atomic E-state index is -4.58. The van der Waals surface area contributed by atoms with Crippen LogP contribution < -0.4 is 19.5 Å². The third-order valence-corrected chi connectivity index (χ3v) is 4.57. The van der Waals surface area contributed by atoms with Crippen molar-refractivity contribution >= 4 is 17.5 Å². The topological polar surface area (TPSA) is 159 Å². The molecule has 0 aliphatic carbocycles. The number of esters is 1. The summed E-state index contributed by atoms with van der Waals surface area (Å²) in [6.07, 6.45) is -4.58. The minimum absolute atomic E-state index is 0.0556. The molecular weight excluding hydrogens is 515 g/mol. The number of hydrogen-bond acceptors (Lipinski definition) is 11. The lowest BCUT2D eigenvalue weighted by Crippen LogP contribution is -2.18. The molecule has 1 N–H and O–H groups in total. The number of anilines is 1. The summed E-state index contributed by atoms with van der Waals surface area (Å²) in [6, 6.07) is 8.84. The number of carbonyl (C=O) groups is 1. The summed E-state index contributed by atoms with van der Waals surface area (Å²) >= 11 is 0. The average Bonchev–Trinajstić information content (AvgIpc) is 2.86. The first-order chi connectivity index (χ1) is 18.0. The van der Waals surface area contributed by atoms with Gasteiger partial charge in [0.05, 0.1) is 35.8 Å². The molecule has 2 aromatic carbocycles. The summed E-state index contributed by atoms with van der Waals surface area (Å²) in [6.45, 7) is 1.10. The molecule has 198 valence electrons. The number of nitrogens with zero attached hydrogens (tertiary/aromatic N) is 4. The van der Waals surface area contributed by atoms with Crippen LogP contribution in [-0.4, -0.2) is 41.1 Å². The van der Waals surface area contributed by atoms with E-state index in [1.165, 1.54) is 25.3 Å². The quantitative estimate of drug-likeness (QED) is 0.216. The second kappa shape index (κ2) is 11.7. The van der Waals surface area contributed by atoms with E-state index in [0.717, 1.165) is 24.3 Å². The van der Waals surface area contributed by atoms with Gasteiger partial charge in [-0.2, -0.15) is 28.4 Å². The van der Waals surface area contributed by atoms with E-state index in [0.29, 0.717) is 0 Å². The first-order valence-electron chi connectivity index (χ1n) is 10.6. The normalized spacial score (nSPS) is 10.7. The Morgan fingerprint density at radius 1 is 1.11 bits per heavy atom. The van der Waals surface area contributed by atoms with Crippen molar-refractivity contribution < 1.29 is 41.8 Å². The van der Waals surface area contributed by atoms with E-state index in [2.05, 4.69) is 15.3 Å². The number of ether oxygens (including phenoxy) is 4. The number of halogens is 3. The maximum absolute atomic E-state index is 12.9. The third-order valence-electron chi connectivity index (χ3n) is 4.57. The van der Waals surface area contributed by atoms with Crippen LogP contribution in [0.1, 0.15) is 18.1 Å². The zero-order valence-corrected chi connectivity index (χ0v) is 19.7. The van der Waals surface area contributed by atoms with Crippen molar-refractivity contribution in [3.63, 3.8) is 0 Å². The molecule has 0 radical (unpaired) electrons. The van der Waals surface area contributed by atoms with Crippen LogP contribution in [0.5, 0.6) is 29.1 Å². The monoisotopic (exact) mass is 533 g/mol. The van der Waals surface area contributed by atoms with Gasteiger partial charge in [-0.1, -0.05) is 0 Å². The maximum atomic E-state index is 12.9.